The molecule has 0 fully saturated rings. The quantitative estimate of drug-likeness (QED) is 0.824. The summed E-state index contributed by atoms with van der Waals surface area (Å²) < 4.78 is 37.2. The number of halogens is 3. The molecule has 5 heteroatoms. The Morgan fingerprint density at radius 2 is 1.81 bits per heavy atom. The van der Waals surface area contributed by atoms with Crippen LogP contribution in [0.15, 0.2) is 24.3 Å². The molecule has 1 aromatic carbocycles. The average Bonchev–Trinajstić information content (AvgIpc) is 2.14. The number of rotatable bonds is 2. The number of aliphatic hydroxyl groups excluding tert-OH is 1. The SMILES string of the molecule is CC(C)(N)C(O)c1cccc(C(F)(F)F)c1. The van der Waals surface area contributed by atoms with Gasteiger partial charge < -0.3 is 10.8 Å². The summed E-state index contributed by atoms with van der Waals surface area (Å²) in [5, 5.41) is 9.75. The fourth-order valence-electron chi connectivity index (χ4n) is 1.31. The van der Waals surface area contributed by atoms with Gasteiger partial charge in [-0.05, 0) is 31.5 Å². The van der Waals surface area contributed by atoms with Gasteiger partial charge in [-0.15, -0.1) is 0 Å². The summed E-state index contributed by atoms with van der Waals surface area (Å²) >= 11 is 0. The van der Waals surface area contributed by atoms with E-state index >= 15 is 0 Å². The zero-order valence-corrected chi connectivity index (χ0v) is 9.05. The van der Waals surface area contributed by atoms with E-state index in [4.69, 9.17) is 5.73 Å². The van der Waals surface area contributed by atoms with Crippen LogP contribution in [-0.4, -0.2) is 10.6 Å². The minimum absolute atomic E-state index is 0.169. The van der Waals surface area contributed by atoms with Crippen molar-refractivity contribution in [1.29, 1.82) is 0 Å². The van der Waals surface area contributed by atoms with Crippen molar-refractivity contribution in [2.45, 2.75) is 31.7 Å². The third kappa shape index (κ3) is 2.96. The Morgan fingerprint density at radius 1 is 1.25 bits per heavy atom. The highest BCUT2D eigenvalue weighted by Crippen LogP contribution is 2.32. The van der Waals surface area contributed by atoms with Crippen LogP contribution in [-0.2, 0) is 6.18 Å². The molecule has 90 valence electrons. The molecular formula is C11H14F3NO. The van der Waals surface area contributed by atoms with Crippen LogP contribution in [0.2, 0.25) is 0 Å². The Morgan fingerprint density at radius 3 is 2.25 bits per heavy atom. The fourth-order valence-corrected chi connectivity index (χ4v) is 1.31. The lowest BCUT2D eigenvalue weighted by Crippen LogP contribution is -2.39. The van der Waals surface area contributed by atoms with Gasteiger partial charge in [0.05, 0.1) is 11.7 Å². The van der Waals surface area contributed by atoms with Crippen LogP contribution in [0.4, 0.5) is 13.2 Å². The molecule has 0 heterocycles. The predicted molar refractivity (Wildman–Crippen MR) is 54.7 cm³/mol. The Bertz CT molecular complexity index is 368. The second kappa shape index (κ2) is 4.07. The van der Waals surface area contributed by atoms with Crippen LogP contribution in [0.5, 0.6) is 0 Å². The summed E-state index contributed by atoms with van der Waals surface area (Å²) in [6.07, 6.45) is -5.54. The van der Waals surface area contributed by atoms with Crippen molar-refractivity contribution < 1.29 is 18.3 Å². The maximum absolute atomic E-state index is 12.4. The number of benzene rings is 1. The average molecular weight is 233 g/mol. The van der Waals surface area contributed by atoms with Gasteiger partial charge in [0.1, 0.15) is 0 Å². The van der Waals surface area contributed by atoms with Gasteiger partial charge in [0, 0.05) is 5.54 Å². The molecule has 0 aliphatic heterocycles. The van der Waals surface area contributed by atoms with Crippen molar-refractivity contribution in [3.63, 3.8) is 0 Å². The first-order valence-corrected chi connectivity index (χ1v) is 4.76. The van der Waals surface area contributed by atoms with Crippen molar-refractivity contribution in [3.8, 4) is 0 Å². The van der Waals surface area contributed by atoms with Gasteiger partial charge in [0.2, 0.25) is 0 Å². The van der Waals surface area contributed by atoms with E-state index in [9.17, 15) is 18.3 Å². The Kier molecular flexibility index (Phi) is 3.30. The van der Waals surface area contributed by atoms with Gasteiger partial charge in [-0.3, -0.25) is 0 Å². The summed E-state index contributed by atoms with van der Waals surface area (Å²) in [6, 6.07) is 4.56. The number of aliphatic hydroxyl groups is 1. The molecule has 1 atom stereocenters. The van der Waals surface area contributed by atoms with Crippen LogP contribution in [0.3, 0.4) is 0 Å². The van der Waals surface area contributed by atoms with Crippen LogP contribution < -0.4 is 5.73 Å². The van der Waals surface area contributed by atoms with Crippen molar-refractivity contribution in [1.82, 2.24) is 0 Å². The van der Waals surface area contributed by atoms with E-state index in [1.807, 2.05) is 0 Å². The molecule has 0 spiro atoms. The van der Waals surface area contributed by atoms with Gasteiger partial charge in [-0.2, -0.15) is 13.2 Å². The number of hydrogen-bond acceptors (Lipinski definition) is 2. The van der Waals surface area contributed by atoms with E-state index in [1.165, 1.54) is 12.1 Å². The Hall–Kier alpha value is -1.07. The third-order valence-electron chi connectivity index (χ3n) is 2.23. The summed E-state index contributed by atoms with van der Waals surface area (Å²) in [7, 11) is 0. The van der Waals surface area contributed by atoms with E-state index in [1.54, 1.807) is 13.8 Å². The Labute approximate surface area is 91.9 Å². The molecule has 0 bridgehead atoms. The van der Waals surface area contributed by atoms with Crippen LogP contribution >= 0.6 is 0 Å². The second-order valence-electron chi connectivity index (χ2n) is 4.35. The van der Waals surface area contributed by atoms with E-state index in [2.05, 4.69) is 0 Å². The largest absolute Gasteiger partial charge is 0.416 e. The predicted octanol–water partition coefficient (Wildman–Crippen LogP) is 2.48. The smallest absolute Gasteiger partial charge is 0.387 e. The maximum Gasteiger partial charge on any atom is 0.416 e. The van der Waals surface area contributed by atoms with Crippen molar-refractivity contribution in [2.24, 2.45) is 5.73 Å². The van der Waals surface area contributed by atoms with E-state index in [-0.39, 0.29) is 5.56 Å². The third-order valence-corrected chi connectivity index (χ3v) is 2.23. The molecule has 16 heavy (non-hydrogen) atoms. The normalized spacial score (nSPS) is 14.9. The standard InChI is InChI=1S/C11H14F3NO/c1-10(2,15)9(16)7-4-3-5-8(6-7)11(12,13)14/h3-6,9,16H,15H2,1-2H3. The zero-order chi connectivity index (χ0) is 12.6. The molecule has 1 rings (SSSR count). The van der Waals surface area contributed by atoms with Gasteiger partial charge in [0.25, 0.3) is 0 Å². The lowest BCUT2D eigenvalue weighted by Gasteiger charge is -2.26. The first-order chi connectivity index (χ1) is 7.12. The molecule has 0 amide bonds. The van der Waals surface area contributed by atoms with Gasteiger partial charge in [-0.1, -0.05) is 12.1 Å². The molecule has 2 nitrogen and oxygen atoms in total. The van der Waals surface area contributed by atoms with Crippen molar-refractivity contribution in [3.05, 3.63) is 35.4 Å². The molecule has 0 radical (unpaired) electrons. The maximum atomic E-state index is 12.4. The first kappa shape index (κ1) is 13.0. The summed E-state index contributed by atoms with van der Waals surface area (Å²) in [5.41, 5.74) is 4.04. The van der Waals surface area contributed by atoms with Crippen LogP contribution in [0.25, 0.3) is 0 Å². The minimum atomic E-state index is -4.41. The Balaban J connectivity index is 3.09. The van der Waals surface area contributed by atoms with Gasteiger partial charge in [-0.25, -0.2) is 0 Å². The second-order valence-corrected chi connectivity index (χ2v) is 4.35. The number of hydrogen-bond donors (Lipinski definition) is 2. The van der Waals surface area contributed by atoms with Gasteiger partial charge in [0.15, 0.2) is 0 Å². The van der Waals surface area contributed by atoms with Crippen LogP contribution in [0.1, 0.15) is 31.1 Å². The van der Waals surface area contributed by atoms with Crippen molar-refractivity contribution >= 4 is 0 Å². The summed E-state index contributed by atoms with van der Waals surface area (Å²) in [4.78, 5) is 0. The molecule has 1 aromatic rings. The molecule has 0 saturated carbocycles. The summed E-state index contributed by atoms with van der Waals surface area (Å²) in [5.74, 6) is 0. The molecular weight excluding hydrogens is 219 g/mol. The lowest BCUT2D eigenvalue weighted by atomic mass is 9.91. The number of nitrogens with two attached hydrogens (primary N) is 1. The van der Waals surface area contributed by atoms with Gasteiger partial charge >= 0.3 is 6.18 Å². The topological polar surface area (TPSA) is 46.2 Å². The fraction of sp³-hybridized carbons (Fsp3) is 0.455. The molecule has 0 aliphatic carbocycles. The monoisotopic (exact) mass is 233 g/mol. The molecule has 0 aliphatic rings. The van der Waals surface area contributed by atoms with E-state index < -0.39 is 23.4 Å². The molecule has 3 N–H and O–H groups in total. The van der Waals surface area contributed by atoms with E-state index in [0.717, 1.165) is 12.1 Å². The zero-order valence-electron chi connectivity index (χ0n) is 9.05. The summed E-state index contributed by atoms with van der Waals surface area (Å²) in [6.45, 7) is 3.11. The highest BCUT2D eigenvalue weighted by atomic mass is 19.4. The highest BCUT2D eigenvalue weighted by Gasteiger charge is 2.32. The molecule has 0 saturated heterocycles. The van der Waals surface area contributed by atoms with Crippen molar-refractivity contribution in [2.75, 3.05) is 0 Å². The lowest BCUT2D eigenvalue weighted by molar-refractivity contribution is -0.137. The first-order valence-electron chi connectivity index (χ1n) is 4.76. The minimum Gasteiger partial charge on any atom is -0.387 e. The van der Waals surface area contributed by atoms with Crippen LogP contribution in [0, 0.1) is 0 Å². The molecule has 1 unspecified atom stereocenters. The van der Waals surface area contributed by atoms with E-state index in [0.29, 0.717) is 0 Å². The molecule has 0 aromatic heterocycles. The number of alkyl halides is 3. The highest BCUT2D eigenvalue weighted by molar-refractivity contribution is 5.28.